The van der Waals surface area contributed by atoms with Crippen molar-refractivity contribution in [3.8, 4) is 0 Å². The molecule has 2 aromatic rings. The highest BCUT2D eigenvalue weighted by molar-refractivity contribution is 9.10. The van der Waals surface area contributed by atoms with Gasteiger partial charge in [0.15, 0.2) is 0 Å². The van der Waals surface area contributed by atoms with Crippen LogP contribution in [0, 0.1) is 0 Å². The van der Waals surface area contributed by atoms with Gasteiger partial charge in [-0.05, 0) is 22.4 Å². The molecule has 0 fully saturated rings. The molecule has 6 heteroatoms. The van der Waals surface area contributed by atoms with Gasteiger partial charge < -0.3 is 9.84 Å². The van der Waals surface area contributed by atoms with Gasteiger partial charge in [-0.15, -0.1) is 0 Å². The third-order valence-corrected chi connectivity index (χ3v) is 3.50. The lowest BCUT2D eigenvalue weighted by atomic mass is 10.0. The summed E-state index contributed by atoms with van der Waals surface area (Å²) in [5.74, 6) is 0. The van der Waals surface area contributed by atoms with Crippen LogP contribution in [0.4, 0.5) is 13.2 Å². The Balaban J connectivity index is 2.18. The highest BCUT2D eigenvalue weighted by Gasteiger charge is 2.28. The summed E-state index contributed by atoms with van der Waals surface area (Å²) in [6.07, 6.45) is -5.49. The molecule has 0 bridgehead atoms. The van der Waals surface area contributed by atoms with Gasteiger partial charge in [-0.1, -0.05) is 46.3 Å². The molecular formula is C14H12BrF3O2. The Kier molecular flexibility index (Phi) is 4.67. The van der Waals surface area contributed by atoms with Gasteiger partial charge in [-0.2, -0.15) is 13.2 Å². The number of halogens is 4. The highest BCUT2D eigenvalue weighted by atomic mass is 79.9. The smallest absolute Gasteiger partial charge is 0.386 e. The van der Waals surface area contributed by atoms with Crippen LogP contribution in [-0.2, 0) is 4.74 Å². The molecule has 2 nitrogen and oxygen atoms in total. The molecule has 0 saturated heterocycles. The van der Waals surface area contributed by atoms with E-state index in [0.717, 1.165) is 15.2 Å². The number of fused-ring (bicyclic) bond motifs is 1. The molecule has 2 rings (SSSR count). The molecule has 0 radical (unpaired) electrons. The molecule has 1 N–H and O–H groups in total. The molecule has 20 heavy (non-hydrogen) atoms. The van der Waals surface area contributed by atoms with E-state index in [1.54, 1.807) is 12.1 Å². The van der Waals surface area contributed by atoms with Crippen molar-refractivity contribution in [3.05, 3.63) is 46.4 Å². The van der Waals surface area contributed by atoms with Gasteiger partial charge in [-0.25, -0.2) is 0 Å². The number of alkyl halides is 3. The zero-order valence-electron chi connectivity index (χ0n) is 10.3. The average molecular weight is 349 g/mol. The van der Waals surface area contributed by atoms with Crippen LogP contribution in [0.15, 0.2) is 40.9 Å². The number of hydrogen-bond donors (Lipinski definition) is 1. The second kappa shape index (κ2) is 6.11. The molecule has 0 saturated carbocycles. The summed E-state index contributed by atoms with van der Waals surface area (Å²) < 4.78 is 41.4. The number of benzene rings is 2. The minimum Gasteiger partial charge on any atom is -0.386 e. The van der Waals surface area contributed by atoms with Crippen LogP contribution in [-0.4, -0.2) is 24.5 Å². The number of ether oxygens (including phenoxy) is 1. The Morgan fingerprint density at radius 3 is 2.40 bits per heavy atom. The van der Waals surface area contributed by atoms with E-state index >= 15 is 0 Å². The van der Waals surface area contributed by atoms with Gasteiger partial charge in [0.2, 0.25) is 0 Å². The van der Waals surface area contributed by atoms with Crippen molar-refractivity contribution in [2.75, 3.05) is 13.2 Å². The molecule has 0 aromatic heterocycles. The van der Waals surface area contributed by atoms with Crippen molar-refractivity contribution in [1.82, 2.24) is 0 Å². The van der Waals surface area contributed by atoms with E-state index in [0.29, 0.717) is 5.56 Å². The van der Waals surface area contributed by atoms with Gasteiger partial charge in [0.1, 0.15) is 12.7 Å². The minimum absolute atomic E-state index is 0.398. The fourth-order valence-electron chi connectivity index (χ4n) is 1.95. The normalized spacial score (nSPS) is 13.7. The lowest BCUT2D eigenvalue weighted by Gasteiger charge is -2.15. The van der Waals surface area contributed by atoms with E-state index in [1.807, 2.05) is 24.3 Å². The van der Waals surface area contributed by atoms with Crippen LogP contribution in [0.5, 0.6) is 0 Å². The maximum atomic E-state index is 12.0. The summed E-state index contributed by atoms with van der Waals surface area (Å²) in [5, 5.41) is 11.7. The highest BCUT2D eigenvalue weighted by Crippen LogP contribution is 2.30. The summed E-state index contributed by atoms with van der Waals surface area (Å²) in [6.45, 7) is -1.76. The molecule has 0 heterocycles. The Morgan fingerprint density at radius 2 is 1.75 bits per heavy atom. The van der Waals surface area contributed by atoms with Crippen molar-refractivity contribution in [3.63, 3.8) is 0 Å². The predicted molar refractivity (Wildman–Crippen MR) is 73.5 cm³/mol. The molecule has 0 aliphatic heterocycles. The minimum atomic E-state index is -4.39. The van der Waals surface area contributed by atoms with E-state index in [2.05, 4.69) is 20.7 Å². The maximum Gasteiger partial charge on any atom is 0.411 e. The Morgan fingerprint density at radius 1 is 1.10 bits per heavy atom. The average Bonchev–Trinajstić information content (AvgIpc) is 2.38. The SMILES string of the molecule is OC(COCC(F)(F)F)c1ccc(Br)c2ccccc12. The van der Waals surface area contributed by atoms with Crippen LogP contribution in [0.1, 0.15) is 11.7 Å². The van der Waals surface area contributed by atoms with Gasteiger partial charge in [0.05, 0.1) is 6.61 Å². The molecular weight excluding hydrogens is 337 g/mol. The summed E-state index contributed by atoms with van der Waals surface area (Å²) in [4.78, 5) is 0. The summed E-state index contributed by atoms with van der Waals surface area (Å²) >= 11 is 3.40. The number of rotatable bonds is 4. The molecule has 0 aliphatic rings. The molecule has 0 aliphatic carbocycles. The van der Waals surface area contributed by atoms with Crippen LogP contribution in [0.2, 0.25) is 0 Å². The van der Waals surface area contributed by atoms with Gasteiger partial charge >= 0.3 is 6.18 Å². The molecule has 2 aromatic carbocycles. The molecule has 108 valence electrons. The molecule has 0 amide bonds. The summed E-state index contributed by atoms with van der Waals surface area (Å²) in [5.41, 5.74) is 0.547. The van der Waals surface area contributed by atoms with Crippen LogP contribution >= 0.6 is 15.9 Å². The topological polar surface area (TPSA) is 29.5 Å². The Labute approximate surface area is 122 Å². The monoisotopic (exact) mass is 348 g/mol. The zero-order valence-corrected chi connectivity index (χ0v) is 11.9. The second-order valence-electron chi connectivity index (χ2n) is 4.33. The van der Waals surface area contributed by atoms with Gasteiger partial charge in [-0.3, -0.25) is 0 Å². The standard InChI is InChI=1S/C14H12BrF3O2/c15-12-6-5-11(9-3-1-2-4-10(9)12)13(19)7-20-8-14(16,17)18/h1-6,13,19H,7-8H2. The summed E-state index contributed by atoms with van der Waals surface area (Å²) in [6, 6.07) is 10.8. The molecule has 1 atom stereocenters. The lowest BCUT2D eigenvalue weighted by Crippen LogP contribution is -2.19. The predicted octanol–water partition coefficient (Wildman–Crippen LogP) is 4.21. The first-order valence-corrected chi connectivity index (χ1v) is 6.67. The number of aliphatic hydroxyl groups excluding tert-OH is 1. The Bertz CT molecular complexity index is 598. The fraction of sp³-hybridized carbons (Fsp3) is 0.286. The first-order valence-electron chi connectivity index (χ1n) is 5.88. The number of hydrogen-bond acceptors (Lipinski definition) is 2. The maximum absolute atomic E-state index is 12.0. The third kappa shape index (κ3) is 3.71. The van der Waals surface area contributed by atoms with Crippen molar-refractivity contribution >= 4 is 26.7 Å². The van der Waals surface area contributed by atoms with E-state index in [9.17, 15) is 18.3 Å². The van der Waals surface area contributed by atoms with Gasteiger partial charge in [0, 0.05) is 4.47 Å². The van der Waals surface area contributed by atoms with E-state index in [4.69, 9.17) is 0 Å². The largest absolute Gasteiger partial charge is 0.411 e. The zero-order chi connectivity index (χ0) is 14.8. The lowest BCUT2D eigenvalue weighted by molar-refractivity contribution is -0.179. The van der Waals surface area contributed by atoms with E-state index < -0.39 is 25.5 Å². The van der Waals surface area contributed by atoms with Crippen LogP contribution in [0.25, 0.3) is 10.8 Å². The van der Waals surface area contributed by atoms with Crippen LogP contribution in [0.3, 0.4) is 0 Å². The van der Waals surface area contributed by atoms with E-state index in [-0.39, 0.29) is 0 Å². The first kappa shape index (κ1) is 15.3. The van der Waals surface area contributed by atoms with Crippen LogP contribution < -0.4 is 0 Å². The Hall–Kier alpha value is -1.11. The third-order valence-electron chi connectivity index (χ3n) is 2.81. The van der Waals surface area contributed by atoms with E-state index in [1.165, 1.54) is 0 Å². The van der Waals surface area contributed by atoms with Crippen molar-refractivity contribution < 1.29 is 23.0 Å². The molecule has 1 unspecified atom stereocenters. The quantitative estimate of drug-likeness (QED) is 0.896. The second-order valence-corrected chi connectivity index (χ2v) is 5.18. The fourth-order valence-corrected chi connectivity index (χ4v) is 2.43. The van der Waals surface area contributed by atoms with Gasteiger partial charge in [0.25, 0.3) is 0 Å². The first-order chi connectivity index (χ1) is 9.38. The summed E-state index contributed by atoms with van der Waals surface area (Å²) in [7, 11) is 0. The van der Waals surface area contributed by atoms with Crippen molar-refractivity contribution in [2.45, 2.75) is 12.3 Å². The van der Waals surface area contributed by atoms with Crippen molar-refractivity contribution in [1.29, 1.82) is 0 Å². The number of aliphatic hydroxyl groups is 1. The molecule has 0 spiro atoms. The van der Waals surface area contributed by atoms with Crippen molar-refractivity contribution in [2.24, 2.45) is 0 Å².